The van der Waals surface area contributed by atoms with Crippen molar-refractivity contribution in [2.24, 2.45) is 0 Å². The molecule has 0 saturated carbocycles. The molecule has 0 bridgehead atoms. The molecular weight excluding hydrogens is 350 g/mol. The minimum atomic E-state index is -2.19. The first-order valence-corrected chi connectivity index (χ1v) is 8.52. The number of carbonyl (C=O) groups is 2. The van der Waals surface area contributed by atoms with Crippen molar-refractivity contribution in [1.29, 1.82) is 0 Å². The third-order valence-electron chi connectivity index (χ3n) is 3.71. The van der Waals surface area contributed by atoms with Gasteiger partial charge in [-0.3, -0.25) is 4.79 Å². The SMILES string of the molecule is COc1ccc(COC(=O)CC(O)(C(=O)OC(C)(C)C)n2cccc2)cc1. The Hall–Kier alpha value is -2.80. The van der Waals surface area contributed by atoms with Gasteiger partial charge in [-0.05, 0) is 50.6 Å². The molecule has 27 heavy (non-hydrogen) atoms. The molecular formula is C20H25NO6. The van der Waals surface area contributed by atoms with Crippen LogP contribution in [0.25, 0.3) is 0 Å². The predicted octanol–water partition coefficient (Wildman–Crippen LogP) is 2.62. The van der Waals surface area contributed by atoms with Crippen LogP contribution >= 0.6 is 0 Å². The summed E-state index contributed by atoms with van der Waals surface area (Å²) in [6.07, 6.45) is 2.40. The Bertz CT molecular complexity index is 761. The highest BCUT2D eigenvalue weighted by Crippen LogP contribution is 2.24. The maximum atomic E-state index is 12.5. The van der Waals surface area contributed by atoms with Gasteiger partial charge in [-0.15, -0.1) is 0 Å². The van der Waals surface area contributed by atoms with E-state index in [9.17, 15) is 14.7 Å². The van der Waals surface area contributed by atoms with Gasteiger partial charge >= 0.3 is 11.9 Å². The molecule has 0 radical (unpaired) electrons. The lowest BCUT2D eigenvalue weighted by molar-refractivity contribution is -0.194. The zero-order chi connectivity index (χ0) is 20.1. The van der Waals surface area contributed by atoms with Gasteiger partial charge < -0.3 is 23.9 Å². The summed E-state index contributed by atoms with van der Waals surface area (Å²) in [5.41, 5.74) is -2.25. The number of esters is 2. The molecule has 0 aliphatic carbocycles. The van der Waals surface area contributed by atoms with Crippen molar-refractivity contribution >= 4 is 11.9 Å². The zero-order valence-electron chi connectivity index (χ0n) is 16.0. The number of ether oxygens (including phenoxy) is 3. The van der Waals surface area contributed by atoms with E-state index in [1.807, 2.05) is 0 Å². The average molecular weight is 375 g/mol. The molecule has 7 nitrogen and oxygen atoms in total. The first-order valence-electron chi connectivity index (χ1n) is 8.52. The fourth-order valence-electron chi connectivity index (χ4n) is 2.35. The van der Waals surface area contributed by atoms with Crippen molar-refractivity contribution in [3.8, 4) is 5.75 Å². The van der Waals surface area contributed by atoms with Gasteiger partial charge in [-0.1, -0.05) is 12.1 Å². The number of carbonyl (C=O) groups excluding carboxylic acids is 2. The highest BCUT2D eigenvalue weighted by molar-refractivity contribution is 5.84. The second-order valence-electron chi connectivity index (χ2n) is 7.09. The van der Waals surface area contributed by atoms with Crippen molar-refractivity contribution in [2.45, 2.75) is 45.1 Å². The maximum absolute atomic E-state index is 12.5. The fourth-order valence-corrected chi connectivity index (χ4v) is 2.35. The van der Waals surface area contributed by atoms with E-state index >= 15 is 0 Å². The van der Waals surface area contributed by atoms with Crippen molar-refractivity contribution in [1.82, 2.24) is 4.57 Å². The Morgan fingerprint density at radius 3 is 2.19 bits per heavy atom. The summed E-state index contributed by atoms with van der Waals surface area (Å²) in [4.78, 5) is 24.8. The lowest BCUT2D eigenvalue weighted by Crippen LogP contribution is -2.47. The van der Waals surface area contributed by atoms with Crippen LogP contribution in [-0.4, -0.2) is 34.3 Å². The van der Waals surface area contributed by atoms with Crippen molar-refractivity contribution < 1.29 is 28.9 Å². The molecule has 7 heteroatoms. The van der Waals surface area contributed by atoms with E-state index in [1.165, 1.54) is 17.0 Å². The molecule has 1 aromatic carbocycles. The molecule has 2 aromatic rings. The molecule has 1 N–H and O–H groups in total. The van der Waals surface area contributed by atoms with Gasteiger partial charge in [-0.25, -0.2) is 4.79 Å². The summed E-state index contributed by atoms with van der Waals surface area (Å²) < 4.78 is 16.8. The highest BCUT2D eigenvalue weighted by atomic mass is 16.6. The molecule has 0 fully saturated rings. The number of aromatic nitrogens is 1. The summed E-state index contributed by atoms with van der Waals surface area (Å²) >= 11 is 0. The van der Waals surface area contributed by atoms with E-state index in [-0.39, 0.29) is 6.61 Å². The largest absolute Gasteiger partial charge is 0.497 e. The molecule has 1 unspecified atom stereocenters. The zero-order valence-corrected chi connectivity index (χ0v) is 16.0. The molecule has 146 valence electrons. The number of methoxy groups -OCH3 is 1. The average Bonchev–Trinajstić information content (AvgIpc) is 3.14. The van der Waals surface area contributed by atoms with Crippen LogP contribution < -0.4 is 4.74 Å². The lowest BCUT2D eigenvalue weighted by Gasteiger charge is -2.30. The molecule has 0 amide bonds. The van der Waals surface area contributed by atoms with Crippen LogP contribution in [-0.2, 0) is 31.4 Å². The van der Waals surface area contributed by atoms with Crippen LogP contribution in [0.4, 0.5) is 0 Å². The van der Waals surface area contributed by atoms with Gasteiger partial charge in [0.25, 0.3) is 5.72 Å². The van der Waals surface area contributed by atoms with Gasteiger partial charge in [0.15, 0.2) is 0 Å². The first kappa shape index (κ1) is 20.5. The van der Waals surface area contributed by atoms with E-state index in [0.717, 1.165) is 5.56 Å². The van der Waals surface area contributed by atoms with Crippen LogP contribution in [0.1, 0.15) is 32.8 Å². The number of benzene rings is 1. The van der Waals surface area contributed by atoms with Gasteiger partial charge in [0, 0.05) is 12.4 Å². The molecule has 1 atom stereocenters. The van der Waals surface area contributed by atoms with E-state index in [4.69, 9.17) is 14.2 Å². The molecule has 0 saturated heterocycles. The fraction of sp³-hybridized carbons (Fsp3) is 0.400. The van der Waals surface area contributed by atoms with E-state index in [0.29, 0.717) is 5.75 Å². The predicted molar refractivity (Wildman–Crippen MR) is 97.9 cm³/mol. The summed E-state index contributed by atoms with van der Waals surface area (Å²) in [5, 5.41) is 10.9. The number of hydrogen-bond acceptors (Lipinski definition) is 6. The Balaban J connectivity index is 2.07. The molecule has 0 aliphatic rings. The monoisotopic (exact) mass is 375 g/mol. The van der Waals surface area contributed by atoms with E-state index < -0.39 is 29.7 Å². The van der Waals surface area contributed by atoms with Crippen LogP contribution in [0.15, 0.2) is 48.8 Å². The van der Waals surface area contributed by atoms with E-state index in [2.05, 4.69) is 0 Å². The maximum Gasteiger partial charge on any atom is 0.361 e. The molecule has 1 heterocycles. The van der Waals surface area contributed by atoms with Crippen molar-refractivity contribution in [3.05, 3.63) is 54.4 Å². The second-order valence-corrected chi connectivity index (χ2v) is 7.09. The molecule has 1 aromatic heterocycles. The minimum Gasteiger partial charge on any atom is -0.497 e. The normalized spacial score (nSPS) is 13.5. The summed E-state index contributed by atoms with van der Waals surface area (Å²) in [5.74, 6) is -0.961. The standard InChI is InChI=1S/C20H25NO6/c1-19(2,3)27-18(23)20(24,21-11-5-6-12-21)13-17(22)26-14-15-7-9-16(25-4)10-8-15/h5-12,24H,13-14H2,1-4H3. The Morgan fingerprint density at radius 2 is 1.67 bits per heavy atom. The first-order chi connectivity index (χ1) is 12.6. The molecule has 0 spiro atoms. The third-order valence-corrected chi connectivity index (χ3v) is 3.71. The topological polar surface area (TPSA) is 87.0 Å². The van der Waals surface area contributed by atoms with Gasteiger partial charge in [0.1, 0.15) is 24.4 Å². The van der Waals surface area contributed by atoms with Crippen LogP contribution in [0.3, 0.4) is 0 Å². The minimum absolute atomic E-state index is 0.0128. The van der Waals surface area contributed by atoms with Crippen molar-refractivity contribution in [2.75, 3.05) is 7.11 Å². The summed E-state index contributed by atoms with van der Waals surface area (Å²) in [7, 11) is 1.56. The Morgan fingerprint density at radius 1 is 1.07 bits per heavy atom. The third kappa shape index (κ3) is 5.59. The summed E-state index contributed by atoms with van der Waals surface area (Å²) in [6.45, 7) is 5.06. The van der Waals surface area contributed by atoms with E-state index in [1.54, 1.807) is 64.3 Å². The quantitative estimate of drug-likeness (QED) is 0.749. The summed E-state index contributed by atoms with van der Waals surface area (Å²) in [6, 6.07) is 10.3. The smallest absolute Gasteiger partial charge is 0.361 e. The van der Waals surface area contributed by atoms with Gasteiger partial charge in [0.05, 0.1) is 7.11 Å². The molecule has 0 aliphatic heterocycles. The number of hydrogen-bond donors (Lipinski definition) is 1. The number of aliphatic hydroxyl groups is 1. The van der Waals surface area contributed by atoms with Crippen LogP contribution in [0.5, 0.6) is 5.75 Å². The van der Waals surface area contributed by atoms with Crippen molar-refractivity contribution in [3.63, 3.8) is 0 Å². The Kier molecular flexibility index (Phi) is 6.28. The van der Waals surface area contributed by atoms with Gasteiger partial charge in [0.2, 0.25) is 0 Å². The van der Waals surface area contributed by atoms with Crippen LogP contribution in [0, 0.1) is 0 Å². The van der Waals surface area contributed by atoms with Crippen LogP contribution in [0.2, 0.25) is 0 Å². The Labute approximate surface area is 158 Å². The lowest BCUT2D eigenvalue weighted by atomic mass is 10.1. The number of nitrogens with zero attached hydrogens (tertiary/aromatic N) is 1. The molecule has 2 rings (SSSR count). The number of rotatable bonds is 7. The van der Waals surface area contributed by atoms with Gasteiger partial charge in [-0.2, -0.15) is 0 Å². The second kappa shape index (κ2) is 8.26. The highest BCUT2D eigenvalue weighted by Gasteiger charge is 2.44.